The molecule has 200 valence electrons. The van der Waals surface area contributed by atoms with Crippen LogP contribution in [-0.2, 0) is 9.53 Å². The van der Waals surface area contributed by atoms with E-state index in [1.807, 2.05) is 41.2 Å². The van der Waals surface area contributed by atoms with Gasteiger partial charge in [0.15, 0.2) is 0 Å². The topological polar surface area (TPSA) is 127 Å². The smallest absolute Gasteiger partial charge is 0.233 e. The highest BCUT2D eigenvalue weighted by molar-refractivity contribution is 5.85. The molecule has 39 heavy (non-hydrogen) atoms. The number of carbonyl (C=O) groups excluding carboxylic acids is 1. The molecule has 0 aliphatic carbocycles. The summed E-state index contributed by atoms with van der Waals surface area (Å²) >= 11 is 0. The van der Waals surface area contributed by atoms with Crippen LogP contribution in [0.2, 0.25) is 0 Å². The van der Waals surface area contributed by atoms with E-state index in [2.05, 4.69) is 30.4 Å². The van der Waals surface area contributed by atoms with E-state index in [-0.39, 0.29) is 11.8 Å². The molecule has 2 atom stereocenters. The molecule has 3 aliphatic rings. The summed E-state index contributed by atoms with van der Waals surface area (Å²) in [7, 11) is 1.80. The minimum atomic E-state index is -0.288. The van der Waals surface area contributed by atoms with Crippen molar-refractivity contribution in [3.63, 3.8) is 0 Å². The lowest BCUT2D eigenvalue weighted by Crippen LogP contribution is -2.47. The first-order valence-corrected chi connectivity index (χ1v) is 13.3. The first-order chi connectivity index (χ1) is 19.1. The third-order valence-electron chi connectivity index (χ3n) is 7.79. The second-order valence-electron chi connectivity index (χ2n) is 10.4. The number of nitrogens with zero attached hydrogens (tertiary/aromatic N) is 8. The Bertz CT molecular complexity index is 1500. The Morgan fingerprint density at radius 3 is 2.64 bits per heavy atom. The lowest BCUT2D eigenvalue weighted by Gasteiger charge is -2.34. The number of hydrogen-bond acceptors (Lipinski definition) is 10. The first-order valence-electron chi connectivity index (χ1n) is 13.3. The number of pyridine rings is 1. The molecule has 0 saturated carbocycles. The summed E-state index contributed by atoms with van der Waals surface area (Å²) in [5.41, 5.74) is 3.42. The largest absolute Gasteiger partial charge is 0.378 e. The third kappa shape index (κ3) is 4.66. The number of anilines is 2. The average Bonchev–Trinajstić information content (AvgIpc) is 3.73. The molecule has 4 aromatic rings. The van der Waals surface area contributed by atoms with Gasteiger partial charge in [0.1, 0.15) is 17.4 Å². The second-order valence-corrected chi connectivity index (χ2v) is 10.4. The highest BCUT2D eigenvalue weighted by Gasteiger charge is 2.34. The number of rotatable bonds is 7. The summed E-state index contributed by atoms with van der Waals surface area (Å²) in [4.78, 5) is 30.4. The van der Waals surface area contributed by atoms with E-state index >= 15 is 0 Å². The molecule has 12 nitrogen and oxygen atoms in total. The van der Waals surface area contributed by atoms with Gasteiger partial charge in [0.25, 0.3) is 0 Å². The van der Waals surface area contributed by atoms with Crippen molar-refractivity contribution in [2.45, 2.75) is 30.8 Å². The molecule has 3 aliphatic heterocycles. The molecule has 12 heteroatoms. The van der Waals surface area contributed by atoms with Crippen molar-refractivity contribution in [1.29, 1.82) is 0 Å². The average molecular weight is 528 g/mol. The maximum absolute atomic E-state index is 12.4. The fraction of sp³-hybridized carbons (Fsp3) is 0.407. The summed E-state index contributed by atoms with van der Waals surface area (Å²) < 4.78 is 12.9. The van der Waals surface area contributed by atoms with Crippen LogP contribution in [0.1, 0.15) is 30.6 Å². The summed E-state index contributed by atoms with van der Waals surface area (Å²) in [5.74, 6) is 0.804. The molecule has 4 aromatic heterocycles. The van der Waals surface area contributed by atoms with E-state index in [9.17, 15) is 4.79 Å². The van der Waals surface area contributed by atoms with Gasteiger partial charge in [0, 0.05) is 45.1 Å². The monoisotopic (exact) mass is 527 g/mol. The maximum Gasteiger partial charge on any atom is 0.233 e. The van der Waals surface area contributed by atoms with Crippen molar-refractivity contribution in [3.8, 4) is 22.8 Å². The molecule has 0 spiro atoms. The molecular weight excluding hydrogens is 498 g/mol. The van der Waals surface area contributed by atoms with Crippen molar-refractivity contribution >= 4 is 17.5 Å². The molecule has 0 bridgehead atoms. The Balaban J connectivity index is 1.05. The Hall–Kier alpha value is -4.16. The van der Waals surface area contributed by atoms with Gasteiger partial charge in [-0.3, -0.25) is 14.4 Å². The van der Waals surface area contributed by atoms with Crippen LogP contribution >= 0.6 is 0 Å². The normalized spacial score (nSPS) is 22.0. The quantitative estimate of drug-likeness (QED) is 0.383. The van der Waals surface area contributed by atoms with E-state index in [0.717, 1.165) is 44.8 Å². The van der Waals surface area contributed by atoms with Gasteiger partial charge in [-0.25, -0.2) is 15.0 Å². The number of amides is 1. The summed E-state index contributed by atoms with van der Waals surface area (Å²) in [5, 5.41) is 12.0. The van der Waals surface area contributed by atoms with Crippen molar-refractivity contribution in [1.82, 2.24) is 39.7 Å². The van der Waals surface area contributed by atoms with Crippen molar-refractivity contribution in [2.24, 2.45) is 0 Å². The summed E-state index contributed by atoms with van der Waals surface area (Å²) in [6, 6.07) is 10.2. The van der Waals surface area contributed by atoms with Gasteiger partial charge >= 0.3 is 0 Å². The van der Waals surface area contributed by atoms with Crippen LogP contribution in [0.4, 0.5) is 11.6 Å². The number of ether oxygens (including phenoxy) is 1. The molecule has 3 fully saturated rings. The predicted molar refractivity (Wildman–Crippen MR) is 141 cm³/mol. The zero-order valence-corrected chi connectivity index (χ0v) is 21.6. The van der Waals surface area contributed by atoms with Crippen molar-refractivity contribution < 1.29 is 14.1 Å². The van der Waals surface area contributed by atoms with Gasteiger partial charge in [-0.15, -0.1) is 0 Å². The van der Waals surface area contributed by atoms with Gasteiger partial charge in [-0.2, -0.15) is 5.10 Å². The number of nitrogens with one attached hydrogen (secondary N) is 1. The molecular formula is C27H29N9O3. The minimum absolute atomic E-state index is 0.0555. The van der Waals surface area contributed by atoms with Crippen LogP contribution in [0.25, 0.3) is 22.8 Å². The van der Waals surface area contributed by atoms with Crippen LogP contribution < -0.4 is 5.32 Å². The Kier molecular flexibility index (Phi) is 6.05. The lowest BCUT2D eigenvalue weighted by atomic mass is 10.0. The summed E-state index contributed by atoms with van der Waals surface area (Å²) in [6.45, 7) is 4.45. The van der Waals surface area contributed by atoms with E-state index in [1.165, 1.54) is 0 Å². The molecule has 2 unspecified atom stereocenters. The second kappa shape index (κ2) is 9.86. The predicted octanol–water partition coefficient (Wildman–Crippen LogP) is 2.73. The zero-order chi connectivity index (χ0) is 26.3. The minimum Gasteiger partial charge on any atom is -0.378 e. The fourth-order valence-corrected chi connectivity index (χ4v) is 5.42. The number of likely N-dealkylation sites (tertiary alicyclic amines) is 2. The Labute approximate surface area is 225 Å². The molecule has 1 amide bonds. The fourth-order valence-electron chi connectivity index (χ4n) is 5.42. The van der Waals surface area contributed by atoms with Gasteiger partial charge < -0.3 is 19.5 Å². The molecule has 7 rings (SSSR count). The third-order valence-corrected chi connectivity index (χ3v) is 7.79. The number of aromatic nitrogens is 6. The van der Waals surface area contributed by atoms with Crippen LogP contribution in [-0.4, -0.2) is 91.5 Å². The van der Waals surface area contributed by atoms with E-state index in [0.29, 0.717) is 53.1 Å². The lowest BCUT2D eigenvalue weighted by molar-refractivity contribution is -0.128. The Morgan fingerprint density at radius 1 is 1.00 bits per heavy atom. The van der Waals surface area contributed by atoms with Crippen molar-refractivity contribution in [3.05, 3.63) is 54.7 Å². The van der Waals surface area contributed by atoms with Gasteiger partial charge in [-0.05, 0) is 31.0 Å². The van der Waals surface area contributed by atoms with Gasteiger partial charge in [0.05, 0.1) is 54.3 Å². The van der Waals surface area contributed by atoms with Gasteiger partial charge in [-0.1, -0.05) is 11.2 Å². The zero-order valence-electron chi connectivity index (χ0n) is 21.6. The molecule has 0 aromatic carbocycles. The number of hydrogen-bond donors (Lipinski definition) is 1. The highest BCUT2D eigenvalue weighted by atomic mass is 16.5. The van der Waals surface area contributed by atoms with Gasteiger partial charge in [0.2, 0.25) is 11.9 Å². The standard InChI is InChI=1S/C27H29N9O3/c1-34-9-7-20(26(34)37)25-11-24(33-39-25)22-4-2-3-21(31-22)23-5-8-28-27(32-23)30-17-12-29-36(13-17)18-6-10-35(14-18)19-15-38-16-19/h2-5,8,11-13,18-20H,6-7,9-10,14-16H2,1H3,(H,28,30,32). The maximum atomic E-state index is 12.4. The number of likely N-dealkylation sites (N-methyl/N-ethyl adjacent to an activating group) is 1. The molecule has 3 saturated heterocycles. The van der Waals surface area contributed by atoms with E-state index < -0.39 is 0 Å². The van der Waals surface area contributed by atoms with E-state index in [4.69, 9.17) is 14.2 Å². The number of carbonyl (C=O) groups is 1. The Morgan fingerprint density at radius 2 is 1.85 bits per heavy atom. The first kappa shape index (κ1) is 23.9. The molecule has 0 radical (unpaired) electrons. The highest BCUT2D eigenvalue weighted by Crippen LogP contribution is 2.31. The summed E-state index contributed by atoms with van der Waals surface area (Å²) in [6.07, 6.45) is 7.32. The van der Waals surface area contributed by atoms with Crippen LogP contribution in [0.5, 0.6) is 0 Å². The van der Waals surface area contributed by atoms with Crippen LogP contribution in [0.3, 0.4) is 0 Å². The van der Waals surface area contributed by atoms with Crippen LogP contribution in [0.15, 0.2) is 53.4 Å². The molecule has 1 N–H and O–H groups in total. The van der Waals surface area contributed by atoms with E-state index in [1.54, 1.807) is 24.3 Å². The molecule has 7 heterocycles. The SMILES string of the molecule is CN1CCC(c2cc(-c3cccc(-c4ccnc(Nc5cnn(C6CCN(C7COC7)C6)c5)n4)n3)no2)C1=O. The van der Waals surface area contributed by atoms with Crippen molar-refractivity contribution in [2.75, 3.05) is 45.2 Å². The van der Waals surface area contributed by atoms with Crippen LogP contribution in [0, 0.1) is 0 Å².